The Morgan fingerprint density at radius 2 is 1.21 bits per heavy atom. The van der Waals surface area contributed by atoms with Gasteiger partial charge in [0.25, 0.3) is 0 Å². The monoisotopic (exact) mass is 365 g/mol. The maximum Gasteiger partial charge on any atom is 0.212 e. The minimum atomic E-state index is 1.15. The van der Waals surface area contributed by atoms with Gasteiger partial charge in [-0.05, 0) is 62.4 Å². The zero-order valence-corrected chi connectivity index (χ0v) is 16.6. The number of rotatable bonds is 4. The molecule has 2 nitrogen and oxygen atoms in total. The van der Waals surface area contributed by atoms with Gasteiger partial charge >= 0.3 is 0 Å². The van der Waals surface area contributed by atoms with E-state index in [0.29, 0.717) is 0 Å². The smallest absolute Gasteiger partial charge is 0.212 e. The van der Waals surface area contributed by atoms with Crippen LogP contribution in [0.5, 0.6) is 0 Å². The number of pyridine rings is 1. The lowest BCUT2D eigenvalue weighted by Crippen LogP contribution is -2.29. The summed E-state index contributed by atoms with van der Waals surface area (Å²) >= 11 is 0. The third-order valence-electron chi connectivity index (χ3n) is 5.04. The van der Waals surface area contributed by atoms with E-state index in [1.54, 1.807) is 0 Å². The quantitative estimate of drug-likeness (QED) is 0.387. The zero-order valence-electron chi connectivity index (χ0n) is 16.6. The third-order valence-corrected chi connectivity index (χ3v) is 5.04. The molecule has 138 valence electrons. The van der Waals surface area contributed by atoms with Crippen molar-refractivity contribution in [2.24, 2.45) is 7.05 Å². The van der Waals surface area contributed by atoms with E-state index in [-0.39, 0.29) is 0 Å². The van der Waals surface area contributed by atoms with Gasteiger partial charge in [-0.25, -0.2) is 4.57 Å². The second-order valence-corrected chi connectivity index (χ2v) is 7.25. The largest absolute Gasteiger partial charge is 0.310 e. The Hall–Kier alpha value is -3.39. The zero-order chi connectivity index (χ0) is 19.5. The number of aryl methyl sites for hydroxylation is 3. The highest BCUT2D eigenvalue weighted by molar-refractivity contribution is 5.79. The minimum Gasteiger partial charge on any atom is -0.310 e. The van der Waals surface area contributed by atoms with E-state index in [9.17, 15) is 0 Å². The second kappa shape index (κ2) is 7.69. The number of hydrogen-bond donors (Lipinski definition) is 0. The average molecular weight is 366 g/mol. The molecule has 0 aliphatic carbocycles. The van der Waals surface area contributed by atoms with Crippen LogP contribution in [-0.2, 0) is 7.05 Å². The lowest BCUT2D eigenvalue weighted by Gasteiger charge is -2.26. The fourth-order valence-corrected chi connectivity index (χ4v) is 3.46. The molecular formula is C26H25N2+. The van der Waals surface area contributed by atoms with E-state index in [2.05, 4.69) is 128 Å². The van der Waals surface area contributed by atoms with Crippen molar-refractivity contribution in [3.05, 3.63) is 108 Å². The third kappa shape index (κ3) is 3.67. The maximum atomic E-state index is 2.31. The first-order valence-corrected chi connectivity index (χ1v) is 9.60. The molecule has 3 aromatic carbocycles. The van der Waals surface area contributed by atoms with Crippen molar-refractivity contribution >= 4 is 17.1 Å². The molecule has 0 saturated heterocycles. The first-order valence-electron chi connectivity index (χ1n) is 9.60. The fraction of sp³-hybridized carbons (Fsp3) is 0.115. The van der Waals surface area contributed by atoms with Gasteiger partial charge in [0, 0.05) is 34.8 Å². The van der Waals surface area contributed by atoms with E-state index in [1.165, 1.54) is 22.4 Å². The predicted molar refractivity (Wildman–Crippen MR) is 117 cm³/mol. The summed E-state index contributed by atoms with van der Waals surface area (Å²) in [5.74, 6) is 0. The number of aromatic nitrogens is 1. The summed E-state index contributed by atoms with van der Waals surface area (Å²) in [6.07, 6.45) is 2.08. The molecule has 0 aliphatic rings. The molecule has 0 radical (unpaired) electrons. The molecule has 1 heterocycles. The molecule has 0 atom stereocenters. The van der Waals surface area contributed by atoms with Crippen molar-refractivity contribution < 1.29 is 4.57 Å². The van der Waals surface area contributed by atoms with Gasteiger partial charge in [0.15, 0.2) is 6.20 Å². The fourth-order valence-electron chi connectivity index (χ4n) is 3.46. The van der Waals surface area contributed by atoms with Gasteiger partial charge in [0.2, 0.25) is 5.69 Å². The summed E-state index contributed by atoms with van der Waals surface area (Å²) in [4.78, 5) is 2.31. The normalized spacial score (nSPS) is 10.7. The highest BCUT2D eigenvalue weighted by atomic mass is 15.1. The summed E-state index contributed by atoms with van der Waals surface area (Å²) in [6, 6.07) is 32.4. The second-order valence-electron chi connectivity index (χ2n) is 7.25. The average Bonchev–Trinajstić information content (AvgIpc) is 2.72. The van der Waals surface area contributed by atoms with Gasteiger partial charge in [-0.3, -0.25) is 0 Å². The molecule has 0 amide bonds. The SMILES string of the molecule is Cc1ccc(N(c2ccc(C)cc2)c2cccc(-c3cccc[n+]3C)c2)cc1. The van der Waals surface area contributed by atoms with Crippen LogP contribution in [-0.4, -0.2) is 0 Å². The minimum absolute atomic E-state index is 1.15. The van der Waals surface area contributed by atoms with Crippen LogP contribution in [0, 0.1) is 13.8 Å². The van der Waals surface area contributed by atoms with Crippen molar-refractivity contribution in [2.75, 3.05) is 4.90 Å². The number of hydrogen-bond acceptors (Lipinski definition) is 1. The van der Waals surface area contributed by atoms with E-state index in [1.807, 2.05) is 0 Å². The van der Waals surface area contributed by atoms with Crippen LogP contribution in [0.1, 0.15) is 11.1 Å². The van der Waals surface area contributed by atoms with Crippen molar-refractivity contribution in [2.45, 2.75) is 13.8 Å². The van der Waals surface area contributed by atoms with E-state index in [0.717, 1.165) is 17.1 Å². The highest BCUT2D eigenvalue weighted by Gasteiger charge is 2.15. The first kappa shape index (κ1) is 18.0. The summed E-state index contributed by atoms with van der Waals surface area (Å²) in [7, 11) is 2.08. The Labute approximate surface area is 167 Å². The Bertz CT molecular complexity index is 1030. The van der Waals surface area contributed by atoms with Gasteiger partial charge in [-0.15, -0.1) is 0 Å². The molecular weight excluding hydrogens is 340 g/mol. The molecule has 1 aromatic heterocycles. The Morgan fingerprint density at radius 1 is 0.607 bits per heavy atom. The molecule has 0 unspecified atom stereocenters. The van der Waals surface area contributed by atoms with Crippen molar-refractivity contribution in [3.63, 3.8) is 0 Å². The molecule has 0 N–H and O–H groups in total. The van der Waals surface area contributed by atoms with Crippen molar-refractivity contribution in [3.8, 4) is 11.3 Å². The molecule has 0 bridgehead atoms. The standard InChI is InChI=1S/C26H25N2/c1-20-10-14-23(15-11-20)28(24-16-12-21(2)13-17-24)25-8-6-7-22(19-25)26-9-4-5-18-27(26)3/h4-19H,1-3H3/q+1. The predicted octanol–water partition coefficient (Wildman–Crippen LogP) is 6.26. The van der Waals surface area contributed by atoms with Crippen LogP contribution < -0.4 is 9.47 Å². The van der Waals surface area contributed by atoms with Gasteiger partial charge in [0.05, 0.1) is 0 Å². The Morgan fingerprint density at radius 3 is 1.79 bits per heavy atom. The van der Waals surface area contributed by atoms with Gasteiger partial charge in [0.1, 0.15) is 7.05 Å². The van der Waals surface area contributed by atoms with Crippen LogP contribution in [0.3, 0.4) is 0 Å². The number of benzene rings is 3. The van der Waals surface area contributed by atoms with Crippen LogP contribution >= 0.6 is 0 Å². The maximum absolute atomic E-state index is 2.31. The van der Waals surface area contributed by atoms with Gasteiger partial charge in [-0.2, -0.15) is 0 Å². The molecule has 0 fully saturated rings. The molecule has 0 aliphatic heterocycles. The topological polar surface area (TPSA) is 7.12 Å². The summed E-state index contributed by atoms with van der Waals surface area (Å²) in [5.41, 5.74) is 8.37. The molecule has 0 saturated carbocycles. The Balaban J connectivity index is 1.85. The van der Waals surface area contributed by atoms with E-state index < -0.39 is 0 Å². The van der Waals surface area contributed by atoms with Gasteiger partial charge in [-0.1, -0.05) is 41.5 Å². The van der Waals surface area contributed by atoms with Gasteiger partial charge < -0.3 is 4.90 Å². The van der Waals surface area contributed by atoms with Crippen LogP contribution in [0.15, 0.2) is 97.2 Å². The number of nitrogens with zero attached hydrogens (tertiary/aromatic N) is 2. The van der Waals surface area contributed by atoms with Crippen LogP contribution in [0.4, 0.5) is 17.1 Å². The van der Waals surface area contributed by atoms with Crippen LogP contribution in [0.25, 0.3) is 11.3 Å². The van der Waals surface area contributed by atoms with Crippen molar-refractivity contribution in [1.29, 1.82) is 0 Å². The summed E-state index contributed by atoms with van der Waals surface area (Å²) in [6.45, 7) is 4.24. The lowest BCUT2D eigenvalue weighted by atomic mass is 10.1. The van der Waals surface area contributed by atoms with Crippen molar-refractivity contribution in [1.82, 2.24) is 0 Å². The van der Waals surface area contributed by atoms with E-state index in [4.69, 9.17) is 0 Å². The first-order chi connectivity index (χ1) is 13.6. The molecule has 2 heteroatoms. The Kier molecular flexibility index (Phi) is 4.94. The lowest BCUT2D eigenvalue weighted by molar-refractivity contribution is -0.660. The van der Waals surface area contributed by atoms with E-state index >= 15 is 0 Å². The summed E-state index contributed by atoms with van der Waals surface area (Å²) < 4.78 is 2.15. The molecule has 4 aromatic rings. The summed E-state index contributed by atoms with van der Waals surface area (Å²) in [5, 5.41) is 0. The molecule has 28 heavy (non-hydrogen) atoms. The highest BCUT2D eigenvalue weighted by Crippen LogP contribution is 2.36. The molecule has 0 spiro atoms. The molecule has 4 rings (SSSR count). The number of anilines is 3. The van der Waals surface area contributed by atoms with Crippen LogP contribution in [0.2, 0.25) is 0 Å².